The summed E-state index contributed by atoms with van der Waals surface area (Å²) in [4.78, 5) is 14.1. The van der Waals surface area contributed by atoms with Crippen molar-refractivity contribution < 1.29 is 9.32 Å². The first kappa shape index (κ1) is 16.2. The van der Waals surface area contributed by atoms with Crippen molar-refractivity contribution in [3.05, 3.63) is 17.5 Å². The van der Waals surface area contributed by atoms with Crippen LogP contribution in [0.1, 0.15) is 45.1 Å². The van der Waals surface area contributed by atoms with E-state index in [0.717, 1.165) is 24.5 Å². The topological polar surface area (TPSA) is 58.4 Å². The normalized spacial score (nSPS) is 19.3. The van der Waals surface area contributed by atoms with Crippen LogP contribution in [-0.4, -0.2) is 40.2 Å². The standard InChI is InChI=1S/C15H25N3O2S/c1-10(2)13-7-12(20-17-13)8-16-15(19)18-5-6-21-14(9-18)11(3)4/h7,10-11,14H,5-6,8-9H2,1-4H3,(H,16,19). The Morgan fingerprint density at radius 2 is 2.29 bits per heavy atom. The molecule has 0 radical (unpaired) electrons. The Labute approximate surface area is 130 Å². The molecule has 6 heteroatoms. The molecular weight excluding hydrogens is 286 g/mol. The number of amides is 2. The number of rotatable bonds is 4. The van der Waals surface area contributed by atoms with Crippen molar-refractivity contribution in [3.8, 4) is 0 Å². The van der Waals surface area contributed by atoms with E-state index >= 15 is 0 Å². The molecule has 0 saturated carbocycles. The van der Waals surface area contributed by atoms with Crippen LogP contribution in [0, 0.1) is 5.92 Å². The van der Waals surface area contributed by atoms with Gasteiger partial charge in [0, 0.05) is 30.2 Å². The lowest BCUT2D eigenvalue weighted by Gasteiger charge is -2.34. The number of hydrogen-bond donors (Lipinski definition) is 1. The third kappa shape index (κ3) is 4.40. The number of urea groups is 1. The molecule has 2 rings (SSSR count). The second kappa shape index (κ2) is 7.20. The van der Waals surface area contributed by atoms with Gasteiger partial charge in [-0.1, -0.05) is 32.9 Å². The van der Waals surface area contributed by atoms with Crippen molar-refractivity contribution in [1.82, 2.24) is 15.4 Å². The van der Waals surface area contributed by atoms with Gasteiger partial charge in [0.15, 0.2) is 5.76 Å². The summed E-state index contributed by atoms with van der Waals surface area (Å²) in [5.74, 6) is 2.65. The smallest absolute Gasteiger partial charge is 0.317 e. The number of aromatic nitrogens is 1. The van der Waals surface area contributed by atoms with Crippen LogP contribution in [0.4, 0.5) is 4.79 Å². The molecule has 0 aromatic carbocycles. The van der Waals surface area contributed by atoms with Crippen LogP contribution in [0.2, 0.25) is 0 Å². The molecule has 21 heavy (non-hydrogen) atoms. The Kier molecular flexibility index (Phi) is 5.56. The van der Waals surface area contributed by atoms with Crippen molar-refractivity contribution >= 4 is 17.8 Å². The Morgan fingerprint density at radius 1 is 1.52 bits per heavy atom. The lowest BCUT2D eigenvalue weighted by molar-refractivity contribution is 0.195. The van der Waals surface area contributed by atoms with Crippen LogP contribution in [0.3, 0.4) is 0 Å². The Balaban J connectivity index is 1.83. The minimum absolute atomic E-state index is 0.0107. The minimum Gasteiger partial charge on any atom is -0.359 e. The monoisotopic (exact) mass is 311 g/mol. The second-order valence-electron chi connectivity index (χ2n) is 6.13. The summed E-state index contributed by atoms with van der Waals surface area (Å²) in [6, 6.07) is 1.90. The maximum absolute atomic E-state index is 12.2. The molecule has 1 fully saturated rings. The van der Waals surface area contributed by atoms with Gasteiger partial charge in [-0.15, -0.1) is 0 Å². The number of nitrogens with zero attached hydrogens (tertiary/aromatic N) is 2. The van der Waals surface area contributed by atoms with Gasteiger partial charge in [-0.25, -0.2) is 4.79 Å². The van der Waals surface area contributed by atoms with Crippen LogP contribution in [0.5, 0.6) is 0 Å². The van der Waals surface area contributed by atoms with E-state index in [2.05, 4.69) is 38.2 Å². The van der Waals surface area contributed by atoms with Gasteiger partial charge >= 0.3 is 6.03 Å². The average Bonchev–Trinajstić information content (AvgIpc) is 2.94. The third-order valence-electron chi connectivity index (χ3n) is 3.71. The molecule has 1 N–H and O–H groups in total. The van der Waals surface area contributed by atoms with E-state index in [1.54, 1.807) is 0 Å². The van der Waals surface area contributed by atoms with Crippen LogP contribution in [0.15, 0.2) is 10.6 Å². The van der Waals surface area contributed by atoms with Gasteiger partial charge < -0.3 is 14.7 Å². The van der Waals surface area contributed by atoms with E-state index in [1.165, 1.54) is 0 Å². The van der Waals surface area contributed by atoms with Gasteiger partial charge in [-0.2, -0.15) is 11.8 Å². The summed E-state index contributed by atoms with van der Waals surface area (Å²) in [7, 11) is 0. The van der Waals surface area contributed by atoms with Crippen LogP contribution in [0.25, 0.3) is 0 Å². The lowest BCUT2D eigenvalue weighted by atomic mass is 10.1. The highest BCUT2D eigenvalue weighted by molar-refractivity contribution is 8.00. The summed E-state index contributed by atoms with van der Waals surface area (Å²) in [5, 5.41) is 7.45. The number of carbonyl (C=O) groups is 1. The van der Waals surface area contributed by atoms with E-state index in [9.17, 15) is 4.79 Å². The van der Waals surface area contributed by atoms with Crippen molar-refractivity contribution in [2.75, 3.05) is 18.8 Å². The number of hydrogen-bond acceptors (Lipinski definition) is 4. The molecule has 2 heterocycles. The van der Waals surface area contributed by atoms with Crippen LogP contribution >= 0.6 is 11.8 Å². The zero-order valence-electron chi connectivity index (χ0n) is 13.3. The first-order valence-electron chi connectivity index (χ1n) is 7.57. The van der Waals surface area contributed by atoms with E-state index in [4.69, 9.17) is 4.52 Å². The molecular formula is C15H25N3O2S. The molecule has 1 aliphatic heterocycles. The predicted molar refractivity (Wildman–Crippen MR) is 85.5 cm³/mol. The molecule has 1 aromatic heterocycles. The molecule has 1 atom stereocenters. The molecule has 118 valence electrons. The Bertz CT molecular complexity index is 473. The first-order chi connectivity index (χ1) is 9.97. The highest BCUT2D eigenvalue weighted by Crippen LogP contribution is 2.24. The van der Waals surface area contributed by atoms with E-state index in [1.807, 2.05) is 22.7 Å². The molecule has 1 unspecified atom stereocenters. The molecule has 0 bridgehead atoms. The van der Waals surface area contributed by atoms with Crippen molar-refractivity contribution in [3.63, 3.8) is 0 Å². The van der Waals surface area contributed by atoms with Crippen molar-refractivity contribution in [2.45, 2.75) is 45.4 Å². The van der Waals surface area contributed by atoms with E-state index in [0.29, 0.717) is 29.4 Å². The summed E-state index contributed by atoms with van der Waals surface area (Å²) in [6.45, 7) is 10.6. The van der Waals surface area contributed by atoms with E-state index < -0.39 is 0 Å². The third-order valence-corrected chi connectivity index (χ3v) is 5.25. The van der Waals surface area contributed by atoms with Crippen molar-refractivity contribution in [1.29, 1.82) is 0 Å². The average molecular weight is 311 g/mol. The summed E-state index contributed by atoms with van der Waals surface area (Å²) in [6.07, 6.45) is 0. The molecule has 1 saturated heterocycles. The summed E-state index contributed by atoms with van der Waals surface area (Å²) >= 11 is 1.96. The van der Waals surface area contributed by atoms with Gasteiger partial charge in [-0.05, 0) is 11.8 Å². The largest absolute Gasteiger partial charge is 0.359 e. The molecule has 1 aromatic rings. The van der Waals surface area contributed by atoms with E-state index in [-0.39, 0.29) is 6.03 Å². The van der Waals surface area contributed by atoms with Gasteiger partial charge in [0.25, 0.3) is 0 Å². The lowest BCUT2D eigenvalue weighted by Crippen LogP contribution is -2.47. The maximum Gasteiger partial charge on any atom is 0.317 e. The van der Waals surface area contributed by atoms with Crippen LogP contribution < -0.4 is 5.32 Å². The highest BCUT2D eigenvalue weighted by Gasteiger charge is 2.26. The molecule has 2 amide bonds. The van der Waals surface area contributed by atoms with Gasteiger partial charge in [0.1, 0.15) is 0 Å². The SMILES string of the molecule is CC(C)c1cc(CNC(=O)N2CCSC(C(C)C)C2)on1. The first-order valence-corrected chi connectivity index (χ1v) is 8.62. The van der Waals surface area contributed by atoms with Gasteiger partial charge in [0.2, 0.25) is 0 Å². The molecule has 0 spiro atoms. The Morgan fingerprint density at radius 3 is 2.90 bits per heavy atom. The highest BCUT2D eigenvalue weighted by atomic mass is 32.2. The number of thioether (sulfide) groups is 1. The number of nitrogens with one attached hydrogen (secondary N) is 1. The predicted octanol–water partition coefficient (Wildman–Crippen LogP) is 3.08. The summed E-state index contributed by atoms with van der Waals surface area (Å²) in [5.41, 5.74) is 0.925. The second-order valence-corrected chi connectivity index (χ2v) is 7.48. The number of carbonyl (C=O) groups excluding carboxylic acids is 1. The van der Waals surface area contributed by atoms with Gasteiger partial charge in [-0.3, -0.25) is 0 Å². The van der Waals surface area contributed by atoms with Gasteiger partial charge in [0.05, 0.1) is 12.2 Å². The van der Waals surface area contributed by atoms with Crippen molar-refractivity contribution in [2.24, 2.45) is 5.92 Å². The minimum atomic E-state index is -0.0107. The molecule has 5 nitrogen and oxygen atoms in total. The fraction of sp³-hybridized carbons (Fsp3) is 0.733. The molecule has 1 aliphatic rings. The zero-order valence-corrected chi connectivity index (χ0v) is 14.1. The molecule has 0 aliphatic carbocycles. The van der Waals surface area contributed by atoms with Crippen LogP contribution in [-0.2, 0) is 6.54 Å². The fourth-order valence-electron chi connectivity index (χ4n) is 2.22. The fourth-order valence-corrected chi connectivity index (χ4v) is 3.52. The summed E-state index contributed by atoms with van der Waals surface area (Å²) < 4.78 is 5.24. The zero-order chi connectivity index (χ0) is 15.4. The Hall–Kier alpha value is -1.17. The maximum atomic E-state index is 12.2. The quantitative estimate of drug-likeness (QED) is 0.928.